The van der Waals surface area contributed by atoms with Crippen LogP contribution in [0.1, 0.15) is 5.76 Å². The predicted octanol–water partition coefficient (Wildman–Crippen LogP) is 3.44. The van der Waals surface area contributed by atoms with E-state index in [4.69, 9.17) is 9.15 Å². The lowest BCUT2D eigenvalue weighted by Gasteiger charge is -2.14. The van der Waals surface area contributed by atoms with Crippen LogP contribution in [0.25, 0.3) is 0 Å². The highest BCUT2D eigenvalue weighted by molar-refractivity contribution is 7.93. The van der Waals surface area contributed by atoms with Gasteiger partial charge in [-0.15, -0.1) is 0 Å². The lowest BCUT2D eigenvalue weighted by Crippen LogP contribution is -2.15. The molecule has 0 saturated carbocycles. The second kappa shape index (κ2) is 8.44. The van der Waals surface area contributed by atoms with E-state index >= 15 is 0 Å². The van der Waals surface area contributed by atoms with E-state index in [9.17, 15) is 18.5 Å². The average Bonchev–Trinajstić information content (AvgIpc) is 3.21. The highest BCUT2D eigenvalue weighted by Gasteiger charge is 2.23. The van der Waals surface area contributed by atoms with Crippen LogP contribution in [0.15, 0.2) is 75.3 Å². The maximum atomic E-state index is 13.0. The smallest absolute Gasteiger partial charge is 0.270 e. The van der Waals surface area contributed by atoms with Gasteiger partial charge in [-0.1, -0.05) is 12.1 Å². The molecule has 0 saturated heterocycles. The molecule has 1 aromatic heterocycles. The zero-order chi connectivity index (χ0) is 20.9. The monoisotopic (exact) mass is 416 g/mol. The summed E-state index contributed by atoms with van der Waals surface area (Å²) in [5.41, 5.74) is 2.42. The van der Waals surface area contributed by atoms with Crippen LogP contribution in [-0.2, 0) is 10.0 Å². The number of sulfonamides is 1. The molecular weight excluding hydrogens is 400 g/mol. The molecule has 0 amide bonds. The Labute approximate surface area is 166 Å². The molecule has 0 atom stereocenters. The summed E-state index contributed by atoms with van der Waals surface area (Å²) in [5, 5.41) is 15.0. The molecule has 150 valence electrons. The lowest BCUT2D eigenvalue weighted by atomic mass is 10.3. The Kier molecular flexibility index (Phi) is 5.79. The molecule has 1 heterocycles. The van der Waals surface area contributed by atoms with Gasteiger partial charge in [0.25, 0.3) is 15.7 Å². The number of methoxy groups -OCH3 is 1. The number of nitro groups is 1. The Morgan fingerprint density at radius 1 is 1.14 bits per heavy atom. The first-order valence-electron chi connectivity index (χ1n) is 8.17. The highest BCUT2D eigenvalue weighted by atomic mass is 32.2. The van der Waals surface area contributed by atoms with Gasteiger partial charge in [-0.3, -0.25) is 20.3 Å². The van der Waals surface area contributed by atoms with Crippen molar-refractivity contribution in [1.82, 2.24) is 0 Å². The molecule has 0 aliphatic heterocycles. The van der Waals surface area contributed by atoms with E-state index in [1.165, 1.54) is 37.8 Å². The first-order valence-corrected chi connectivity index (χ1v) is 9.66. The van der Waals surface area contributed by atoms with Gasteiger partial charge in [0.1, 0.15) is 16.4 Å². The standard InChI is InChI=1S/C18H16N4O6S/c1-27-17-7-3-2-6-15(17)21-29(25,26)18-11-13(22(23)24)8-9-16(18)20-19-12-14-5-4-10-28-14/h2-12,20-21H,1H3/b19-12+. The number of rotatable bonds is 8. The fraction of sp³-hybridized carbons (Fsp3) is 0.0556. The topological polar surface area (TPSA) is 136 Å². The quantitative estimate of drug-likeness (QED) is 0.326. The third-order valence-electron chi connectivity index (χ3n) is 3.74. The molecule has 0 unspecified atom stereocenters. The van der Waals surface area contributed by atoms with Crippen LogP contribution < -0.4 is 14.9 Å². The molecule has 2 aromatic carbocycles. The van der Waals surface area contributed by atoms with Crippen molar-refractivity contribution < 1.29 is 22.5 Å². The van der Waals surface area contributed by atoms with Crippen LogP contribution in [0.5, 0.6) is 5.75 Å². The Morgan fingerprint density at radius 2 is 1.93 bits per heavy atom. The largest absolute Gasteiger partial charge is 0.495 e. The van der Waals surface area contributed by atoms with Gasteiger partial charge < -0.3 is 9.15 Å². The van der Waals surface area contributed by atoms with Crippen LogP contribution in [0.4, 0.5) is 17.1 Å². The molecule has 0 aliphatic rings. The minimum Gasteiger partial charge on any atom is -0.495 e. The summed E-state index contributed by atoms with van der Waals surface area (Å²) in [5.74, 6) is 0.739. The summed E-state index contributed by atoms with van der Waals surface area (Å²) in [6.07, 6.45) is 2.80. The molecule has 0 radical (unpaired) electrons. The fourth-order valence-electron chi connectivity index (χ4n) is 2.40. The van der Waals surface area contributed by atoms with Crippen LogP contribution >= 0.6 is 0 Å². The molecule has 10 nitrogen and oxygen atoms in total. The molecule has 0 bridgehead atoms. The second-order valence-corrected chi connectivity index (χ2v) is 7.28. The number of para-hydroxylation sites is 2. The number of hydrogen-bond donors (Lipinski definition) is 2. The fourth-order valence-corrected chi connectivity index (χ4v) is 3.65. The number of hydrogen-bond acceptors (Lipinski definition) is 8. The Morgan fingerprint density at radius 3 is 2.62 bits per heavy atom. The van der Waals surface area contributed by atoms with Crippen molar-refractivity contribution in [1.29, 1.82) is 0 Å². The first kappa shape index (κ1) is 19.9. The van der Waals surface area contributed by atoms with E-state index in [2.05, 4.69) is 15.2 Å². The maximum absolute atomic E-state index is 13.0. The van der Waals surface area contributed by atoms with Crippen LogP contribution in [-0.4, -0.2) is 26.7 Å². The summed E-state index contributed by atoms with van der Waals surface area (Å²) in [6, 6.07) is 13.1. The second-order valence-electron chi connectivity index (χ2n) is 5.63. The first-order chi connectivity index (χ1) is 13.9. The van der Waals surface area contributed by atoms with Crippen LogP contribution in [0.3, 0.4) is 0 Å². The summed E-state index contributed by atoms with van der Waals surface area (Å²) >= 11 is 0. The molecule has 2 N–H and O–H groups in total. The number of furan rings is 1. The zero-order valence-corrected chi connectivity index (χ0v) is 15.9. The van der Waals surface area contributed by atoms with E-state index < -0.39 is 14.9 Å². The van der Waals surface area contributed by atoms with E-state index in [1.54, 1.807) is 30.3 Å². The van der Waals surface area contributed by atoms with Crippen molar-refractivity contribution in [2.45, 2.75) is 4.90 Å². The number of anilines is 2. The third kappa shape index (κ3) is 4.71. The van der Waals surface area contributed by atoms with Gasteiger partial charge in [-0.25, -0.2) is 8.42 Å². The summed E-state index contributed by atoms with van der Waals surface area (Å²) in [6.45, 7) is 0. The molecule has 3 aromatic rings. The summed E-state index contributed by atoms with van der Waals surface area (Å²) < 4.78 is 38.5. The average molecular weight is 416 g/mol. The van der Waals surface area contributed by atoms with Gasteiger partial charge in [0.15, 0.2) is 0 Å². The normalized spacial score (nSPS) is 11.3. The van der Waals surface area contributed by atoms with Crippen LogP contribution in [0.2, 0.25) is 0 Å². The molecule has 0 spiro atoms. The molecule has 3 rings (SSSR count). The lowest BCUT2D eigenvalue weighted by molar-refractivity contribution is -0.385. The number of benzene rings is 2. The minimum absolute atomic E-state index is 0.0424. The summed E-state index contributed by atoms with van der Waals surface area (Å²) in [4.78, 5) is 10.1. The van der Waals surface area contributed by atoms with Gasteiger partial charge in [0.2, 0.25) is 0 Å². The van der Waals surface area contributed by atoms with Crippen molar-refractivity contribution >= 4 is 33.3 Å². The van der Waals surface area contributed by atoms with E-state index in [-0.39, 0.29) is 22.0 Å². The van der Waals surface area contributed by atoms with Crippen LogP contribution in [0, 0.1) is 10.1 Å². The van der Waals surface area contributed by atoms with Gasteiger partial charge in [0, 0.05) is 12.1 Å². The number of non-ortho nitro benzene ring substituents is 1. The van der Waals surface area contributed by atoms with Crippen molar-refractivity contribution in [3.63, 3.8) is 0 Å². The van der Waals surface area contributed by atoms with E-state index in [1.807, 2.05) is 0 Å². The number of nitrogens with zero attached hydrogens (tertiary/aromatic N) is 2. The number of nitrogens with one attached hydrogen (secondary N) is 2. The number of nitro benzene ring substituents is 1. The minimum atomic E-state index is -4.21. The van der Waals surface area contributed by atoms with Gasteiger partial charge in [-0.05, 0) is 30.3 Å². The maximum Gasteiger partial charge on any atom is 0.270 e. The SMILES string of the molecule is COc1ccccc1NS(=O)(=O)c1cc([N+](=O)[O-])ccc1N/N=C/c1ccco1. The van der Waals surface area contributed by atoms with E-state index in [0.29, 0.717) is 11.5 Å². The molecular formula is C18H16N4O6S. The van der Waals surface area contributed by atoms with Crippen molar-refractivity contribution in [3.05, 3.63) is 76.7 Å². The Hall–Kier alpha value is -3.86. The predicted molar refractivity (Wildman–Crippen MR) is 107 cm³/mol. The van der Waals surface area contributed by atoms with Gasteiger partial charge >= 0.3 is 0 Å². The number of ether oxygens (including phenoxy) is 1. The molecule has 29 heavy (non-hydrogen) atoms. The molecule has 11 heteroatoms. The third-order valence-corrected chi connectivity index (χ3v) is 5.14. The Balaban J connectivity index is 1.97. The van der Waals surface area contributed by atoms with E-state index in [0.717, 1.165) is 6.07 Å². The Bertz CT molecular complexity index is 1140. The van der Waals surface area contributed by atoms with Gasteiger partial charge in [-0.2, -0.15) is 5.10 Å². The summed E-state index contributed by atoms with van der Waals surface area (Å²) in [7, 11) is -2.81. The molecule has 0 aliphatic carbocycles. The number of hydrazone groups is 1. The highest BCUT2D eigenvalue weighted by Crippen LogP contribution is 2.31. The van der Waals surface area contributed by atoms with Crippen molar-refractivity contribution in [3.8, 4) is 5.75 Å². The zero-order valence-electron chi connectivity index (χ0n) is 15.1. The molecule has 0 fully saturated rings. The van der Waals surface area contributed by atoms with Gasteiger partial charge in [0.05, 0.1) is 35.9 Å². The van der Waals surface area contributed by atoms with Crippen molar-refractivity contribution in [2.24, 2.45) is 5.10 Å². The van der Waals surface area contributed by atoms with Crippen molar-refractivity contribution in [2.75, 3.05) is 17.3 Å².